The van der Waals surface area contributed by atoms with Crippen molar-refractivity contribution in [1.29, 1.82) is 0 Å². The molecule has 31 heavy (non-hydrogen) atoms. The number of fused-ring (bicyclic) bond motifs is 1. The Bertz CT molecular complexity index is 965. The average Bonchev–Trinajstić information content (AvgIpc) is 3.06. The molecule has 4 rings (SSSR count). The van der Waals surface area contributed by atoms with E-state index in [2.05, 4.69) is 0 Å². The number of piperidine rings is 1. The van der Waals surface area contributed by atoms with Crippen molar-refractivity contribution in [3.63, 3.8) is 0 Å². The summed E-state index contributed by atoms with van der Waals surface area (Å²) in [6.45, 7) is 4.41. The van der Waals surface area contributed by atoms with Crippen LogP contribution in [0.1, 0.15) is 63.7 Å². The first-order valence-corrected chi connectivity index (χ1v) is 11.1. The van der Waals surface area contributed by atoms with E-state index in [1.807, 2.05) is 42.2 Å². The number of carbonyl (C=O) groups excluding carboxylic acids is 3. The van der Waals surface area contributed by atoms with Crippen molar-refractivity contribution in [3.05, 3.63) is 65.2 Å². The largest absolute Gasteiger partial charge is 0.493 e. The van der Waals surface area contributed by atoms with Gasteiger partial charge in [-0.1, -0.05) is 31.5 Å². The standard InChI is InChI=1S/C25H28N2O4/c1-2-3-13-27-24(29)21-10-9-19(16-22(21)25(27)30)23(28)26-14-11-18(12-15-26)17-31-20-7-5-4-6-8-20/h4-10,16,18H,2-3,11-15,17H2,1H3. The van der Waals surface area contributed by atoms with Crippen molar-refractivity contribution in [1.82, 2.24) is 9.80 Å². The molecule has 6 heteroatoms. The van der Waals surface area contributed by atoms with E-state index in [0.717, 1.165) is 31.4 Å². The van der Waals surface area contributed by atoms with E-state index in [9.17, 15) is 14.4 Å². The Morgan fingerprint density at radius 3 is 2.42 bits per heavy atom. The number of rotatable bonds is 7. The predicted octanol–water partition coefficient (Wildman–Crippen LogP) is 4.01. The predicted molar refractivity (Wildman–Crippen MR) is 117 cm³/mol. The van der Waals surface area contributed by atoms with Gasteiger partial charge in [-0.2, -0.15) is 0 Å². The Morgan fingerprint density at radius 2 is 1.71 bits per heavy atom. The summed E-state index contributed by atoms with van der Waals surface area (Å²) in [5.74, 6) is 0.644. The van der Waals surface area contributed by atoms with Gasteiger partial charge in [0.15, 0.2) is 0 Å². The summed E-state index contributed by atoms with van der Waals surface area (Å²) in [7, 11) is 0. The number of para-hydroxylation sites is 1. The maximum atomic E-state index is 13.0. The zero-order valence-electron chi connectivity index (χ0n) is 17.9. The second kappa shape index (κ2) is 9.33. The van der Waals surface area contributed by atoms with E-state index in [-0.39, 0.29) is 17.7 Å². The molecule has 0 saturated carbocycles. The SMILES string of the molecule is CCCCN1C(=O)c2ccc(C(=O)N3CCC(COc4ccccc4)CC3)cc2C1=O. The van der Waals surface area contributed by atoms with Crippen LogP contribution in [0.15, 0.2) is 48.5 Å². The van der Waals surface area contributed by atoms with Gasteiger partial charge < -0.3 is 9.64 Å². The van der Waals surface area contributed by atoms with Crippen LogP contribution in [-0.4, -0.2) is 53.8 Å². The third-order valence-corrected chi connectivity index (χ3v) is 6.08. The van der Waals surface area contributed by atoms with Gasteiger partial charge in [-0.05, 0) is 55.5 Å². The highest BCUT2D eigenvalue weighted by Crippen LogP contribution is 2.26. The lowest BCUT2D eigenvalue weighted by atomic mass is 9.96. The highest BCUT2D eigenvalue weighted by molar-refractivity contribution is 6.22. The molecule has 0 bridgehead atoms. The van der Waals surface area contributed by atoms with Crippen molar-refractivity contribution in [2.75, 3.05) is 26.2 Å². The summed E-state index contributed by atoms with van der Waals surface area (Å²) in [6, 6.07) is 14.6. The summed E-state index contributed by atoms with van der Waals surface area (Å²) < 4.78 is 5.86. The summed E-state index contributed by atoms with van der Waals surface area (Å²) in [6.07, 6.45) is 3.45. The molecule has 0 unspecified atom stereocenters. The number of hydrogen-bond acceptors (Lipinski definition) is 4. The fraction of sp³-hybridized carbons (Fsp3) is 0.400. The lowest BCUT2D eigenvalue weighted by Gasteiger charge is -2.32. The molecule has 6 nitrogen and oxygen atoms in total. The van der Waals surface area contributed by atoms with Gasteiger partial charge in [0.25, 0.3) is 17.7 Å². The Hall–Kier alpha value is -3.15. The van der Waals surface area contributed by atoms with Gasteiger partial charge in [0.05, 0.1) is 17.7 Å². The fourth-order valence-electron chi connectivity index (χ4n) is 4.16. The van der Waals surface area contributed by atoms with E-state index in [1.54, 1.807) is 18.2 Å². The number of imide groups is 1. The molecule has 2 heterocycles. The van der Waals surface area contributed by atoms with Gasteiger partial charge in [-0.3, -0.25) is 19.3 Å². The third-order valence-electron chi connectivity index (χ3n) is 6.08. The number of ether oxygens (including phenoxy) is 1. The summed E-state index contributed by atoms with van der Waals surface area (Å²) >= 11 is 0. The molecule has 2 aliphatic rings. The van der Waals surface area contributed by atoms with Gasteiger partial charge in [0.1, 0.15) is 5.75 Å². The van der Waals surface area contributed by atoms with Crippen LogP contribution in [-0.2, 0) is 0 Å². The van der Waals surface area contributed by atoms with Crippen LogP contribution >= 0.6 is 0 Å². The Labute approximate surface area is 182 Å². The van der Waals surface area contributed by atoms with Gasteiger partial charge in [-0.15, -0.1) is 0 Å². The maximum Gasteiger partial charge on any atom is 0.261 e. The normalized spacial score (nSPS) is 16.5. The minimum absolute atomic E-state index is 0.0857. The van der Waals surface area contributed by atoms with Gasteiger partial charge in [0, 0.05) is 25.2 Å². The Balaban J connectivity index is 1.35. The van der Waals surface area contributed by atoms with Crippen molar-refractivity contribution in [3.8, 4) is 5.75 Å². The van der Waals surface area contributed by atoms with E-state index < -0.39 is 0 Å². The molecule has 0 aromatic heterocycles. The molecule has 2 aromatic carbocycles. The quantitative estimate of drug-likeness (QED) is 0.635. The first-order valence-electron chi connectivity index (χ1n) is 11.1. The van der Waals surface area contributed by atoms with Gasteiger partial charge in [-0.25, -0.2) is 0 Å². The molecule has 0 spiro atoms. The van der Waals surface area contributed by atoms with Crippen molar-refractivity contribution in [2.24, 2.45) is 5.92 Å². The average molecular weight is 421 g/mol. The Morgan fingerprint density at radius 1 is 1.00 bits per heavy atom. The summed E-state index contributed by atoms with van der Waals surface area (Å²) in [5, 5.41) is 0. The van der Waals surface area contributed by atoms with Crippen LogP contribution in [0.25, 0.3) is 0 Å². The number of unbranched alkanes of at least 4 members (excludes halogenated alkanes) is 1. The van der Waals surface area contributed by atoms with E-state index in [1.165, 1.54) is 4.90 Å². The van der Waals surface area contributed by atoms with Crippen molar-refractivity contribution < 1.29 is 19.1 Å². The number of nitrogens with zero attached hydrogens (tertiary/aromatic N) is 2. The number of amides is 3. The van der Waals surface area contributed by atoms with Crippen molar-refractivity contribution in [2.45, 2.75) is 32.6 Å². The first kappa shape index (κ1) is 21.1. The molecule has 1 fully saturated rings. The molecular weight excluding hydrogens is 392 g/mol. The van der Waals surface area contributed by atoms with Crippen LogP contribution in [0, 0.1) is 5.92 Å². The molecule has 0 N–H and O–H groups in total. The molecule has 0 aliphatic carbocycles. The zero-order chi connectivity index (χ0) is 21.8. The first-order chi connectivity index (χ1) is 15.1. The Kier molecular flexibility index (Phi) is 6.35. The molecule has 0 atom stereocenters. The van der Waals surface area contributed by atoms with Crippen LogP contribution < -0.4 is 4.74 Å². The highest BCUT2D eigenvalue weighted by Gasteiger charge is 2.36. The van der Waals surface area contributed by atoms with Crippen LogP contribution in [0.3, 0.4) is 0 Å². The van der Waals surface area contributed by atoms with E-state index in [0.29, 0.717) is 48.8 Å². The van der Waals surface area contributed by atoms with E-state index >= 15 is 0 Å². The van der Waals surface area contributed by atoms with Crippen LogP contribution in [0.5, 0.6) is 5.75 Å². The zero-order valence-corrected chi connectivity index (χ0v) is 17.9. The number of carbonyl (C=O) groups is 3. The number of likely N-dealkylation sites (tertiary alicyclic amines) is 1. The summed E-state index contributed by atoms with van der Waals surface area (Å²) in [5.41, 5.74) is 1.21. The van der Waals surface area contributed by atoms with Crippen LogP contribution in [0.4, 0.5) is 0 Å². The third kappa shape index (κ3) is 4.48. The second-order valence-corrected chi connectivity index (χ2v) is 8.24. The second-order valence-electron chi connectivity index (χ2n) is 8.24. The molecule has 2 aromatic rings. The molecule has 0 radical (unpaired) electrons. The summed E-state index contributed by atoms with van der Waals surface area (Å²) in [4.78, 5) is 41.3. The smallest absolute Gasteiger partial charge is 0.261 e. The van der Waals surface area contributed by atoms with Gasteiger partial charge in [0.2, 0.25) is 0 Å². The molecule has 2 aliphatic heterocycles. The number of benzene rings is 2. The van der Waals surface area contributed by atoms with Crippen LogP contribution in [0.2, 0.25) is 0 Å². The minimum atomic E-state index is -0.292. The molecular formula is C25H28N2O4. The van der Waals surface area contributed by atoms with Gasteiger partial charge >= 0.3 is 0 Å². The lowest BCUT2D eigenvalue weighted by Crippen LogP contribution is -2.39. The van der Waals surface area contributed by atoms with E-state index in [4.69, 9.17) is 4.74 Å². The topological polar surface area (TPSA) is 66.9 Å². The maximum absolute atomic E-state index is 13.0. The fourth-order valence-corrected chi connectivity index (χ4v) is 4.16. The lowest BCUT2D eigenvalue weighted by molar-refractivity contribution is 0.0649. The number of hydrogen-bond donors (Lipinski definition) is 0. The monoisotopic (exact) mass is 420 g/mol. The van der Waals surface area contributed by atoms with Crippen molar-refractivity contribution >= 4 is 17.7 Å². The highest BCUT2D eigenvalue weighted by atomic mass is 16.5. The molecule has 3 amide bonds. The molecule has 162 valence electrons. The molecule has 1 saturated heterocycles. The minimum Gasteiger partial charge on any atom is -0.493 e.